The van der Waals surface area contributed by atoms with Gasteiger partial charge >= 0.3 is 0 Å². The summed E-state index contributed by atoms with van der Waals surface area (Å²) >= 11 is 0. The molecule has 0 aliphatic carbocycles. The Morgan fingerprint density at radius 2 is 1.83 bits per heavy atom. The van der Waals surface area contributed by atoms with Crippen molar-refractivity contribution < 1.29 is 32.5 Å². The van der Waals surface area contributed by atoms with Gasteiger partial charge in [0.25, 0.3) is 0 Å². The lowest BCUT2D eigenvalue weighted by Gasteiger charge is -2.33. The Kier molecular flexibility index (Phi) is 9.12. The normalized spacial score (nSPS) is 19.5. The molecule has 2 atom stereocenters. The molecule has 2 aromatic heterocycles. The van der Waals surface area contributed by atoms with E-state index in [1.807, 2.05) is 4.90 Å². The van der Waals surface area contributed by atoms with Crippen molar-refractivity contribution >= 4 is 28.5 Å². The number of ether oxygens (including phenoxy) is 4. The summed E-state index contributed by atoms with van der Waals surface area (Å²) in [6, 6.07) is 2.54. The molecule has 2 fully saturated rings. The maximum absolute atomic E-state index is 15.5. The number of anilines is 2. The Balaban J connectivity index is 1.59. The van der Waals surface area contributed by atoms with Gasteiger partial charge in [-0.1, -0.05) is 6.58 Å². The number of hydrogen-bond donors (Lipinski definition) is 1. The van der Waals surface area contributed by atoms with Crippen LogP contribution < -0.4 is 19.7 Å². The molecule has 4 heterocycles. The van der Waals surface area contributed by atoms with E-state index in [4.69, 9.17) is 28.9 Å². The number of benzene rings is 1. The second-order valence-corrected chi connectivity index (χ2v) is 10.4. The summed E-state index contributed by atoms with van der Waals surface area (Å²) in [5, 5.41) is 3.89. The average molecular weight is 584 g/mol. The minimum Gasteiger partial charge on any atom is -0.494 e. The average Bonchev–Trinajstić information content (AvgIpc) is 3.02. The van der Waals surface area contributed by atoms with Crippen molar-refractivity contribution in [3.63, 3.8) is 0 Å². The van der Waals surface area contributed by atoms with E-state index >= 15 is 8.78 Å². The van der Waals surface area contributed by atoms with Gasteiger partial charge in [-0.05, 0) is 37.3 Å². The van der Waals surface area contributed by atoms with Crippen LogP contribution >= 0.6 is 0 Å². The summed E-state index contributed by atoms with van der Waals surface area (Å²) in [5.41, 5.74) is 0.224. The summed E-state index contributed by atoms with van der Waals surface area (Å²) < 4.78 is 52.5. The first-order valence-corrected chi connectivity index (χ1v) is 13.9. The van der Waals surface area contributed by atoms with Crippen LogP contribution in [-0.2, 0) is 14.3 Å². The number of rotatable bonds is 10. The Morgan fingerprint density at radius 3 is 2.48 bits per heavy atom. The van der Waals surface area contributed by atoms with E-state index in [1.165, 1.54) is 20.3 Å². The molecule has 3 aromatic rings. The van der Waals surface area contributed by atoms with Crippen LogP contribution in [0.3, 0.4) is 0 Å². The van der Waals surface area contributed by atoms with Crippen LogP contribution in [0.2, 0.25) is 0 Å². The lowest BCUT2D eigenvalue weighted by Crippen LogP contribution is -2.40. The number of nitrogens with one attached hydrogen (secondary N) is 1. The summed E-state index contributed by atoms with van der Waals surface area (Å²) in [7, 11) is 4.29. The number of carbonyl (C=O) groups excluding carboxylic acids is 1. The molecule has 0 spiro atoms. The molecular formula is C30H35F2N5O5. The minimum atomic E-state index is -0.886. The second-order valence-electron chi connectivity index (χ2n) is 10.4. The zero-order chi connectivity index (χ0) is 29.8. The largest absolute Gasteiger partial charge is 0.494 e. The fraction of sp³-hybridized carbons (Fsp3) is 0.467. The Bertz CT molecular complexity index is 1440. The molecular weight excluding hydrogens is 548 g/mol. The monoisotopic (exact) mass is 583 g/mol. The molecule has 10 nitrogen and oxygen atoms in total. The van der Waals surface area contributed by atoms with Crippen LogP contribution in [0.1, 0.15) is 25.7 Å². The Labute approximate surface area is 243 Å². The van der Waals surface area contributed by atoms with Crippen LogP contribution in [0.4, 0.5) is 20.5 Å². The van der Waals surface area contributed by atoms with Crippen molar-refractivity contribution in [1.29, 1.82) is 0 Å². The maximum atomic E-state index is 15.5. The molecule has 224 valence electrons. The van der Waals surface area contributed by atoms with Gasteiger partial charge in [0.05, 0.1) is 44.2 Å². The Hall–Kier alpha value is -3.90. The van der Waals surface area contributed by atoms with Gasteiger partial charge in [0.1, 0.15) is 5.52 Å². The topological polar surface area (TPSA) is 108 Å². The van der Waals surface area contributed by atoms with Crippen LogP contribution in [0, 0.1) is 17.6 Å². The number of pyridine rings is 1. The number of fused-ring (bicyclic) bond motifs is 1. The number of halogens is 2. The molecule has 5 rings (SSSR count). The summed E-state index contributed by atoms with van der Waals surface area (Å²) in [5.74, 6) is -1.28. The van der Waals surface area contributed by atoms with Gasteiger partial charge in [0.2, 0.25) is 5.95 Å². The SMILES string of the molecule is C=CC(=O)C[C@H]1CCOC[C@H]1Nc1ncc2cc(-c3c(F)c(OC)cc(OC)c3F)nc(N3CCC(OC)CC3)c2n1. The number of aromatic nitrogens is 3. The van der Waals surface area contributed by atoms with Crippen LogP contribution in [-0.4, -0.2) is 80.5 Å². The number of methoxy groups -OCH3 is 3. The Morgan fingerprint density at radius 1 is 1.12 bits per heavy atom. The third kappa shape index (κ3) is 6.00. The molecule has 42 heavy (non-hydrogen) atoms. The zero-order valence-corrected chi connectivity index (χ0v) is 24.0. The van der Waals surface area contributed by atoms with Crippen molar-refractivity contribution in [2.24, 2.45) is 5.92 Å². The highest BCUT2D eigenvalue weighted by Gasteiger charge is 2.30. The van der Waals surface area contributed by atoms with Crippen LogP contribution in [0.15, 0.2) is 31.0 Å². The number of carbonyl (C=O) groups is 1. The minimum absolute atomic E-state index is 0.0276. The maximum Gasteiger partial charge on any atom is 0.223 e. The number of ketones is 1. The third-order valence-electron chi connectivity index (χ3n) is 7.96. The van der Waals surface area contributed by atoms with E-state index in [1.54, 1.807) is 19.4 Å². The van der Waals surface area contributed by atoms with E-state index in [2.05, 4.69) is 16.9 Å². The number of allylic oxidation sites excluding steroid dienone is 1. The molecule has 0 unspecified atom stereocenters. The highest BCUT2D eigenvalue weighted by molar-refractivity contribution is 5.92. The molecule has 0 saturated carbocycles. The molecule has 1 N–H and O–H groups in total. The summed E-state index contributed by atoms with van der Waals surface area (Å²) in [6.45, 7) is 5.80. The van der Waals surface area contributed by atoms with Gasteiger partial charge < -0.3 is 29.2 Å². The van der Waals surface area contributed by atoms with E-state index in [0.29, 0.717) is 55.4 Å². The lowest BCUT2D eigenvalue weighted by atomic mass is 9.90. The predicted octanol–water partition coefficient (Wildman–Crippen LogP) is 4.56. The first-order valence-electron chi connectivity index (χ1n) is 13.9. The van der Waals surface area contributed by atoms with Crippen LogP contribution in [0.5, 0.6) is 11.5 Å². The molecule has 0 amide bonds. The lowest BCUT2D eigenvalue weighted by molar-refractivity contribution is -0.116. The van der Waals surface area contributed by atoms with E-state index in [0.717, 1.165) is 25.3 Å². The molecule has 0 bridgehead atoms. The van der Waals surface area contributed by atoms with Crippen LogP contribution in [0.25, 0.3) is 22.2 Å². The second kappa shape index (κ2) is 13.0. The van der Waals surface area contributed by atoms with E-state index in [-0.39, 0.29) is 46.6 Å². The van der Waals surface area contributed by atoms with Gasteiger partial charge in [-0.2, -0.15) is 0 Å². The molecule has 0 radical (unpaired) electrons. The van der Waals surface area contributed by atoms with Gasteiger partial charge in [-0.3, -0.25) is 4.79 Å². The van der Waals surface area contributed by atoms with Crippen molar-refractivity contribution in [2.75, 3.05) is 57.8 Å². The molecule has 2 saturated heterocycles. The summed E-state index contributed by atoms with van der Waals surface area (Å²) in [6.07, 6.45) is 5.64. The zero-order valence-electron chi connectivity index (χ0n) is 24.0. The van der Waals surface area contributed by atoms with Crippen molar-refractivity contribution in [1.82, 2.24) is 15.0 Å². The first-order chi connectivity index (χ1) is 20.4. The van der Waals surface area contributed by atoms with Gasteiger partial charge in [0.15, 0.2) is 34.7 Å². The van der Waals surface area contributed by atoms with Crippen molar-refractivity contribution in [2.45, 2.75) is 37.8 Å². The number of piperidine rings is 1. The van der Waals surface area contributed by atoms with Gasteiger partial charge in [0, 0.05) is 50.9 Å². The fourth-order valence-electron chi connectivity index (χ4n) is 5.55. The molecule has 2 aliphatic rings. The fourth-order valence-corrected chi connectivity index (χ4v) is 5.55. The van der Waals surface area contributed by atoms with Gasteiger partial charge in [-0.15, -0.1) is 0 Å². The van der Waals surface area contributed by atoms with E-state index < -0.39 is 11.6 Å². The molecule has 2 aliphatic heterocycles. The molecule has 12 heteroatoms. The van der Waals surface area contributed by atoms with Crippen molar-refractivity contribution in [3.8, 4) is 22.8 Å². The highest BCUT2D eigenvalue weighted by Crippen LogP contribution is 2.39. The smallest absolute Gasteiger partial charge is 0.223 e. The number of hydrogen-bond acceptors (Lipinski definition) is 10. The molecule has 1 aromatic carbocycles. The number of nitrogens with zero attached hydrogens (tertiary/aromatic N) is 4. The highest BCUT2D eigenvalue weighted by atomic mass is 19.1. The quantitative estimate of drug-likeness (QED) is 0.341. The van der Waals surface area contributed by atoms with Gasteiger partial charge in [-0.25, -0.2) is 23.7 Å². The van der Waals surface area contributed by atoms with E-state index in [9.17, 15) is 4.79 Å². The summed E-state index contributed by atoms with van der Waals surface area (Å²) in [4.78, 5) is 28.2. The van der Waals surface area contributed by atoms with Crippen molar-refractivity contribution in [3.05, 3.63) is 42.6 Å². The first kappa shape index (κ1) is 29.6. The predicted molar refractivity (Wildman–Crippen MR) is 154 cm³/mol. The third-order valence-corrected chi connectivity index (χ3v) is 7.96. The standard InChI is InChI=1S/C30H35F2N5O5/c1-5-19(38)12-17-8-11-42-16-22(17)35-30-33-15-18-13-21(25-26(31)23(40-3)14-24(41-4)27(25)32)34-29(28(18)36-30)37-9-6-20(39-2)7-10-37/h5,13-15,17,20,22H,1,6-12,16H2,2-4H3,(H,33,35,36)/t17-,22-/m1/s1.